The molecule has 0 saturated carbocycles. The summed E-state index contributed by atoms with van der Waals surface area (Å²) in [4.78, 5) is 31.5. The Bertz CT molecular complexity index is 2480. The number of hydrogen-bond donors (Lipinski definition) is 3. The van der Waals surface area contributed by atoms with Crippen LogP contribution in [0.15, 0.2) is 75.2 Å². The lowest BCUT2D eigenvalue weighted by atomic mass is 10.1. The third-order valence-electron chi connectivity index (χ3n) is 7.57. The number of H-pyrrole nitrogens is 1. The van der Waals surface area contributed by atoms with Crippen LogP contribution in [0.5, 0.6) is 23.0 Å². The first-order valence-electron chi connectivity index (χ1n) is 14.4. The smallest absolute Gasteiger partial charge is 0.331 e. The third-order valence-corrected chi connectivity index (χ3v) is 8.81. The van der Waals surface area contributed by atoms with Crippen LogP contribution >= 0.6 is 31.9 Å². The maximum absolute atomic E-state index is 14.5. The highest BCUT2D eigenvalue weighted by Crippen LogP contribution is 2.39. The number of aromatic amines is 1. The molecule has 7 rings (SSSR count). The molecule has 0 spiro atoms. The Morgan fingerprint density at radius 1 is 0.720 bits per heavy atom. The largest absolute Gasteiger partial charge is 0.495 e. The zero-order chi connectivity index (χ0) is 35.7. The van der Waals surface area contributed by atoms with Crippen molar-refractivity contribution in [3.05, 3.63) is 92.5 Å². The lowest BCUT2D eigenvalue weighted by Crippen LogP contribution is -2.17. The Balaban J connectivity index is 0.000000174. The highest BCUT2D eigenvalue weighted by Gasteiger charge is 2.21. The molecule has 0 saturated heterocycles. The standard InChI is InChI=1S/C17H12BrFN4O3.C16H14BrFN4O2/c1-25-13-4-11-8(3-9(13)18)15-12(6-21-11)22-17(24)23(15)16-10(19)5-20-7-14(16)26-2;1-23-13-4-12-8(3-9(13)17)15(11(19)6-21-12)22-16-10(18)5-20-7-14(16)24-2/h3-7H,1-2H3,(H,22,24);3-7H,19H2,1-2H3,(H,20,21,22). The molecule has 2 aromatic carbocycles. The van der Waals surface area contributed by atoms with E-state index in [1.807, 2.05) is 6.07 Å². The van der Waals surface area contributed by atoms with Crippen molar-refractivity contribution in [1.82, 2.24) is 29.5 Å². The maximum atomic E-state index is 14.5. The molecule has 0 fully saturated rings. The van der Waals surface area contributed by atoms with Crippen LogP contribution in [-0.4, -0.2) is 57.9 Å². The van der Waals surface area contributed by atoms with Gasteiger partial charge in [-0.25, -0.2) is 13.6 Å². The van der Waals surface area contributed by atoms with Crippen molar-refractivity contribution in [1.29, 1.82) is 0 Å². The minimum atomic E-state index is -0.676. The van der Waals surface area contributed by atoms with E-state index in [4.69, 9.17) is 24.7 Å². The number of imidazole rings is 1. The number of nitrogens with zero attached hydrogens (tertiary/aromatic N) is 5. The zero-order valence-corrected chi connectivity index (χ0v) is 29.8. The molecule has 50 heavy (non-hydrogen) atoms. The molecule has 0 radical (unpaired) electrons. The molecule has 17 heteroatoms. The summed E-state index contributed by atoms with van der Waals surface area (Å²) in [6.45, 7) is 0. The second kappa shape index (κ2) is 14.1. The summed E-state index contributed by atoms with van der Waals surface area (Å²) >= 11 is 6.87. The molecule has 0 aliphatic carbocycles. The Morgan fingerprint density at radius 2 is 1.28 bits per heavy atom. The maximum Gasteiger partial charge on any atom is 0.331 e. The fourth-order valence-electron chi connectivity index (χ4n) is 5.25. The van der Waals surface area contributed by atoms with Crippen LogP contribution in [0.4, 0.5) is 25.8 Å². The number of fused-ring (bicyclic) bond motifs is 4. The van der Waals surface area contributed by atoms with E-state index in [2.05, 4.69) is 62.1 Å². The van der Waals surface area contributed by atoms with Crippen LogP contribution in [0.3, 0.4) is 0 Å². The van der Waals surface area contributed by atoms with Gasteiger partial charge >= 0.3 is 5.69 Å². The predicted molar refractivity (Wildman–Crippen MR) is 192 cm³/mol. The number of aromatic nitrogens is 6. The van der Waals surface area contributed by atoms with E-state index in [9.17, 15) is 13.6 Å². The van der Waals surface area contributed by atoms with Crippen molar-refractivity contribution in [2.24, 2.45) is 0 Å². The van der Waals surface area contributed by atoms with Gasteiger partial charge in [-0.1, -0.05) is 0 Å². The second-order valence-corrected chi connectivity index (χ2v) is 12.1. The van der Waals surface area contributed by atoms with Gasteiger partial charge in [0.1, 0.15) is 22.9 Å². The SMILES string of the molecule is COc1cc2ncc(N)c(Nc3c(F)cncc3OC)c2cc1Br.COc1cc2ncc3[nH]c(=O)n(-c4c(F)cncc4OC)c3c2cc1Br. The van der Waals surface area contributed by atoms with E-state index in [1.165, 1.54) is 43.6 Å². The number of anilines is 3. The number of nitrogens with two attached hydrogens (primary N) is 1. The first-order valence-corrected chi connectivity index (χ1v) is 16.0. The zero-order valence-electron chi connectivity index (χ0n) is 26.6. The number of ether oxygens (including phenoxy) is 4. The first kappa shape index (κ1) is 34.3. The summed E-state index contributed by atoms with van der Waals surface area (Å²) in [5, 5.41) is 4.36. The normalized spacial score (nSPS) is 11.0. The molecule has 13 nitrogen and oxygen atoms in total. The van der Waals surface area contributed by atoms with Gasteiger partial charge in [0.15, 0.2) is 23.1 Å². The van der Waals surface area contributed by atoms with E-state index in [0.29, 0.717) is 60.2 Å². The third kappa shape index (κ3) is 6.20. The predicted octanol–water partition coefficient (Wildman–Crippen LogP) is 7.06. The van der Waals surface area contributed by atoms with Crippen LogP contribution in [0.1, 0.15) is 0 Å². The number of hydrogen-bond acceptors (Lipinski definition) is 11. The topological polar surface area (TPSA) is 164 Å². The lowest BCUT2D eigenvalue weighted by Gasteiger charge is -2.16. The molecule has 0 unspecified atom stereocenters. The number of methoxy groups -OCH3 is 4. The van der Waals surface area contributed by atoms with E-state index < -0.39 is 17.3 Å². The molecular weight excluding hydrogens is 786 g/mol. The van der Waals surface area contributed by atoms with Crippen LogP contribution < -0.4 is 35.7 Å². The number of nitrogens with one attached hydrogen (secondary N) is 2. The molecule has 0 aliphatic rings. The molecular formula is C33H26Br2F2N8O5. The van der Waals surface area contributed by atoms with Crippen LogP contribution in [0.2, 0.25) is 0 Å². The van der Waals surface area contributed by atoms with Gasteiger partial charge in [0.25, 0.3) is 0 Å². The van der Waals surface area contributed by atoms with Crippen LogP contribution in [0, 0.1) is 11.6 Å². The number of rotatable bonds is 7. The average molecular weight is 812 g/mol. The van der Waals surface area contributed by atoms with Gasteiger partial charge in [0.2, 0.25) is 0 Å². The van der Waals surface area contributed by atoms with Crippen LogP contribution in [-0.2, 0) is 0 Å². The van der Waals surface area contributed by atoms with E-state index in [0.717, 1.165) is 16.9 Å². The van der Waals surface area contributed by atoms with Crippen molar-refractivity contribution in [2.45, 2.75) is 0 Å². The van der Waals surface area contributed by atoms with E-state index in [1.54, 1.807) is 32.4 Å². The Labute approximate surface area is 298 Å². The second-order valence-electron chi connectivity index (χ2n) is 10.4. The number of pyridine rings is 4. The highest BCUT2D eigenvalue weighted by molar-refractivity contribution is 9.11. The molecule has 0 amide bonds. The van der Waals surface area contributed by atoms with Gasteiger partial charge < -0.3 is 35.0 Å². The van der Waals surface area contributed by atoms with Gasteiger partial charge in [-0.3, -0.25) is 24.5 Å². The molecule has 4 N–H and O–H groups in total. The summed E-state index contributed by atoms with van der Waals surface area (Å²) in [6.07, 6.45) is 7.93. The molecule has 0 atom stereocenters. The fourth-order valence-corrected chi connectivity index (χ4v) is 6.26. The van der Waals surface area contributed by atoms with Crippen LogP contribution in [0.25, 0.3) is 38.5 Å². The quantitative estimate of drug-likeness (QED) is 0.151. The van der Waals surface area contributed by atoms with Crippen molar-refractivity contribution in [2.75, 3.05) is 39.5 Å². The summed E-state index contributed by atoms with van der Waals surface area (Å²) in [6, 6.07) is 7.09. The molecule has 7 aromatic rings. The summed E-state index contributed by atoms with van der Waals surface area (Å²) in [5.74, 6) is 0.425. The minimum absolute atomic E-state index is 0.0156. The molecule has 0 bridgehead atoms. The van der Waals surface area contributed by atoms with Gasteiger partial charge in [0, 0.05) is 22.9 Å². The molecule has 5 heterocycles. The van der Waals surface area contributed by atoms with Crippen molar-refractivity contribution < 1.29 is 27.7 Å². The lowest BCUT2D eigenvalue weighted by molar-refractivity contribution is 0.406. The minimum Gasteiger partial charge on any atom is -0.495 e. The first-order chi connectivity index (χ1) is 24.1. The summed E-state index contributed by atoms with van der Waals surface area (Å²) in [7, 11) is 5.95. The van der Waals surface area contributed by atoms with Gasteiger partial charge in [-0.05, 0) is 44.0 Å². The molecule has 256 valence electrons. The number of halogens is 4. The Morgan fingerprint density at radius 3 is 1.92 bits per heavy atom. The van der Waals surface area contributed by atoms with Gasteiger partial charge in [0.05, 0.1) is 108 Å². The van der Waals surface area contributed by atoms with Crippen molar-refractivity contribution in [3.63, 3.8) is 0 Å². The van der Waals surface area contributed by atoms with Gasteiger partial charge in [-0.2, -0.15) is 0 Å². The van der Waals surface area contributed by atoms with Gasteiger partial charge in [-0.15, -0.1) is 0 Å². The number of nitrogen functional groups attached to an aromatic ring is 1. The number of benzene rings is 2. The monoisotopic (exact) mass is 810 g/mol. The summed E-state index contributed by atoms with van der Waals surface area (Å²) in [5.41, 5.74) is 8.76. The molecule has 0 aliphatic heterocycles. The Hall–Kier alpha value is -5.55. The van der Waals surface area contributed by atoms with Crippen molar-refractivity contribution in [3.8, 4) is 28.7 Å². The van der Waals surface area contributed by atoms with Crippen molar-refractivity contribution >= 4 is 81.8 Å². The van der Waals surface area contributed by atoms with E-state index >= 15 is 0 Å². The highest BCUT2D eigenvalue weighted by atomic mass is 79.9. The fraction of sp³-hybridized carbons (Fsp3) is 0.121. The molecule has 5 aromatic heterocycles. The Kier molecular flexibility index (Phi) is 9.70. The summed E-state index contributed by atoms with van der Waals surface area (Å²) < 4.78 is 52.3. The average Bonchev–Trinajstić information content (AvgIpc) is 3.45. The van der Waals surface area contributed by atoms with E-state index in [-0.39, 0.29) is 22.9 Å².